The van der Waals surface area contributed by atoms with E-state index in [-0.39, 0.29) is 5.91 Å². The van der Waals surface area contributed by atoms with Gasteiger partial charge in [0.15, 0.2) is 5.15 Å². The lowest BCUT2D eigenvalue weighted by molar-refractivity contribution is 0.0695. The van der Waals surface area contributed by atoms with Crippen LogP contribution in [0.4, 0.5) is 0 Å². The first-order valence-electron chi connectivity index (χ1n) is 7.85. The minimum atomic E-state index is -0.0358. The van der Waals surface area contributed by atoms with E-state index in [1.165, 1.54) is 0 Å². The first-order valence-corrected chi connectivity index (χ1v) is 8.23. The van der Waals surface area contributed by atoms with Crippen molar-refractivity contribution in [1.29, 1.82) is 0 Å². The van der Waals surface area contributed by atoms with Crippen LogP contribution in [0.2, 0.25) is 5.15 Å². The molecule has 5 nitrogen and oxygen atoms in total. The Hall–Kier alpha value is -2.01. The molecule has 0 bridgehead atoms. The molecule has 0 aliphatic carbocycles. The average Bonchev–Trinajstić information content (AvgIpc) is 2.91. The molecule has 2 heterocycles. The minimum Gasteiger partial charge on any atom is -0.497 e. The molecule has 0 saturated heterocycles. The number of fused-ring (bicyclic) bond motifs is 1. The number of nitrogens with zero attached hydrogens (tertiary/aromatic N) is 3. The van der Waals surface area contributed by atoms with Gasteiger partial charge in [0.05, 0.1) is 12.8 Å². The highest BCUT2D eigenvalue weighted by Gasteiger charge is 2.29. The Morgan fingerprint density at radius 1 is 1.26 bits per heavy atom. The number of rotatable bonds is 5. The van der Waals surface area contributed by atoms with Crippen molar-refractivity contribution in [1.82, 2.24) is 14.5 Å². The van der Waals surface area contributed by atoms with E-state index in [0.29, 0.717) is 24.1 Å². The van der Waals surface area contributed by atoms with Crippen LogP contribution in [0.5, 0.6) is 5.75 Å². The predicted molar refractivity (Wildman–Crippen MR) is 90.0 cm³/mol. The molecule has 0 spiro atoms. The number of ether oxygens (including phenoxy) is 1. The van der Waals surface area contributed by atoms with Crippen LogP contribution in [-0.4, -0.2) is 40.6 Å². The van der Waals surface area contributed by atoms with Crippen LogP contribution >= 0.6 is 11.6 Å². The molecule has 0 fully saturated rings. The summed E-state index contributed by atoms with van der Waals surface area (Å²) in [4.78, 5) is 18.8. The standard InChI is InChI=1S/C17H20ClN3O2/c1-3-4-9-20-10-11-21-14(15(18)19-16(21)17(20)22)12-5-7-13(23-2)8-6-12/h5-8H,3-4,9-11H2,1-2H3. The Morgan fingerprint density at radius 2 is 2.00 bits per heavy atom. The Balaban J connectivity index is 1.94. The van der Waals surface area contributed by atoms with Crippen LogP contribution in [0, 0.1) is 0 Å². The van der Waals surface area contributed by atoms with Gasteiger partial charge in [-0.2, -0.15) is 0 Å². The average molecular weight is 334 g/mol. The fourth-order valence-corrected chi connectivity index (χ4v) is 3.15. The molecule has 2 aromatic rings. The summed E-state index contributed by atoms with van der Waals surface area (Å²) in [5.74, 6) is 1.18. The van der Waals surface area contributed by atoms with Crippen molar-refractivity contribution >= 4 is 17.5 Å². The van der Waals surface area contributed by atoms with Crippen LogP contribution in [0.3, 0.4) is 0 Å². The van der Waals surface area contributed by atoms with Crippen LogP contribution in [0.15, 0.2) is 24.3 Å². The molecule has 0 N–H and O–H groups in total. The summed E-state index contributed by atoms with van der Waals surface area (Å²) in [7, 11) is 1.63. The Morgan fingerprint density at radius 3 is 2.65 bits per heavy atom. The Kier molecular flexibility index (Phi) is 4.57. The second-order valence-electron chi connectivity index (χ2n) is 5.60. The van der Waals surface area contributed by atoms with Gasteiger partial charge in [0.1, 0.15) is 5.75 Å². The summed E-state index contributed by atoms with van der Waals surface area (Å²) in [5, 5.41) is 0.371. The lowest BCUT2D eigenvalue weighted by atomic mass is 10.1. The third-order valence-electron chi connectivity index (χ3n) is 4.14. The first-order chi connectivity index (χ1) is 11.2. The van der Waals surface area contributed by atoms with Crippen molar-refractivity contribution in [3.05, 3.63) is 35.2 Å². The zero-order valence-corrected chi connectivity index (χ0v) is 14.1. The van der Waals surface area contributed by atoms with E-state index in [4.69, 9.17) is 16.3 Å². The molecular weight excluding hydrogens is 314 g/mol. The molecule has 23 heavy (non-hydrogen) atoms. The summed E-state index contributed by atoms with van der Waals surface area (Å²) in [6, 6.07) is 7.62. The van der Waals surface area contributed by atoms with Crippen molar-refractivity contribution in [2.24, 2.45) is 0 Å². The van der Waals surface area contributed by atoms with Gasteiger partial charge in [0.25, 0.3) is 5.91 Å². The summed E-state index contributed by atoms with van der Waals surface area (Å²) in [5.41, 5.74) is 1.73. The second-order valence-corrected chi connectivity index (χ2v) is 5.96. The highest BCUT2D eigenvalue weighted by molar-refractivity contribution is 6.32. The SMILES string of the molecule is CCCCN1CCn2c(nc(Cl)c2-c2ccc(OC)cc2)C1=O. The molecule has 0 unspecified atom stereocenters. The molecule has 1 aromatic heterocycles. The van der Waals surface area contributed by atoms with Crippen molar-refractivity contribution in [2.45, 2.75) is 26.3 Å². The fourth-order valence-electron chi connectivity index (χ4n) is 2.85. The maximum Gasteiger partial charge on any atom is 0.289 e. The molecule has 3 rings (SSSR count). The molecule has 122 valence electrons. The van der Waals surface area contributed by atoms with Crippen LogP contribution in [0.1, 0.15) is 30.4 Å². The van der Waals surface area contributed by atoms with Crippen LogP contribution in [0.25, 0.3) is 11.3 Å². The maximum atomic E-state index is 12.6. The number of methoxy groups -OCH3 is 1. The van der Waals surface area contributed by atoms with Gasteiger partial charge in [-0.25, -0.2) is 4.98 Å². The van der Waals surface area contributed by atoms with Gasteiger partial charge in [-0.3, -0.25) is 4.79 Å². The van der Waals surface area contributed by atoms with Gasteiger partial charge < -0.3 is 14.2 Å². The first kappa shape index (κ1) is 15.9. The van der Waals surface area contributed by atoms with Crippen LogP contribution < -0.4 is 4.74 Å². The lowest BCUT2D eigenvalue weighted by Crippen LogP contribution is -2.41. The smallest absolute Gasteiger partial charge is 0.289 e. The number of hydrogen-bond acceptors (Lipinski definition) is 3. The molecule has 1 amide bonds. The molecular formula is C17H20ClN3O2. The largest absolute Gasteiger partial charge is 0.497 e. The zero-order chi connectivity index (χ0) is 16.4. The second kappa shape index (κ2) is 6.62. The van der Waals surface area contributed by atoms with Gasteiger partial charge in [0, 0.05) is 25.2 Å². The topological polar surface area (TPSA) is 47.4 Å². The third kappa shape index (κ3) is 2.93. The predicted octanol–water partition coefficient (Wildman–Crippen LogP) is 3.47. The van der Waals surface area contributed by atoms with E-state index in [1.54, 1.807) is 7.11 Å². The van der Waals surface area contributed by atoms with Crippen LogP contribution in [-0.2, 0) is 6.54 Å². The monoisotopic (exact) mass is 333 g/mol. The van der Waals surface area contributed by atoms with E-state index in [9.17, 15) is 4.79 Å². The normalized spacial score (nSPS) is 14.0. The van der Waals surface area contributed by atoms with Gasteiger partial charge in [0.2, 0.25) is 5.82 Å². The number of carbonyl (C=O) groups excluding carboxylic acids is 1. The van der Waals surface area contributed by atoms with E-state index >= 15 is 0 Å². The fraction of sp³-hybridized carbons (Fsp3) is 0.412. The molecule has 1 aliphatic rings. The minimum absolute atomic E-state index is 0.0358. The highest BCUT2D eigenvalue weighted by atomic mass is 35.5. The molecule has 0 atom stereocenters. The number of halogens is 1. The van der Waals surface area contributed by atoms with Gasteiger partial charge in [-0.15, -0.1) is 0 Å². The highest BCUT2D eigenvalue weighted by Crippen LogP contribution is 2.32. The molecule has 0 radical (unpaired) electrons. The molecule has 6 heteroatoms. The summed E-state index contributed by atoms with van der Waals surface area (Å²) >= 11 is 6.33. The lowest BCUT2D eigenvalue weighted by Gasteiger charge is -2.28. The van der Waals surface area contributed by atoms with Gasteiger partial charge in [-0.05, 0) is 30.7 Å². The number of carbonyl (C=O) groups is 1. The maximum absolute atomic E-state index is 12.6. The third-order valence-corrected chi connectivity index (χ3v) is 4.41. The van der Waals surface area contributed by atoms with Gasteiger partial charge >= 0.3 is 0 Å². The molecule has 1 aliphatic heterocycles. The van der Waals surface area contributed by atoms with E-state index < -0.39 is 0 Å². The van der Waals surface area contributed by atoms with E-state index in [1.807, 2.05) is 33.7 Å². The van der Waals surface area contributed by atoms with Crippen molar-refractivity contribution < 1.29 is 9.53 Å². The Labute approximate surface area is 140 Å². The van der Waals surface area contributed by atoms with E-state index in [2.05, 4.69) is 11.9 Å². The van der Waals surface area contributed by atoms with Crippen molar-refractivity contribution in [3.8, 4) is 17.0 Å². The number of unbranched alkanes of at least 4 members (excludes halogenated alkanes) is 1. The summed E-state index contributed by atoms with van der Waals surface area (Å²) in [6.07, 6.45) is 2.07. The quantitative estimate of drug-likeness (QED) is 0.841. The zero-order valence-electron chi connectivity index (χ0n) is 13.4. The van der Waals surface area contributed by atoms with Crippen molar-refractivity contribution in [3.63, 3.8) is 0 Å². The number of imidazole rings is 1. The van der Waals surface area contributed by atoms with Gasteiger partial charge in [-0.1, -0.05) is 24.9 Å². The summed E-state index contributed by atoms with van der Waals surface area (Å²) in [6.45, 7) is 4.30. The number of aromatic nitrogens is 2. The molecule has 1 aromatic carbocycles. The number of benzene rings is 1. The summed E-state index contributed by atoms with van der Waals surface area (Å²) < 4.78 is 7.11. The molecule has 0 saturated carbocycles. The Bertz CT molecular complexity index is 709. The van der Waals surface area contributed by atoms with E-state index in [0.717, 1.165) is 36.4 Å². The van der Waals surface area contributed by atoms with Crippen molar-refractivity contribution in [2.75, 3.05) is 20.2 Å². The number of hydrogen-bond donors (Lipinski definition) is 0. The number of amides is 1.